The van der Waals surface area contributed by atoms with E-state index < -0.39 is 27.4 Å². The highest BCUT2D eigenvalue weighted by Gasteiger charge is 2.28. The van der Waals surface area contributed by atoms with Gasteiger partial charge in [0.1, 0.15) is 5.82 Å². The van der Waals surface area contributed by atoms with Crippen molar-refractivity contribution in [3.63, 3.8) is 0 Å². The Labute approximate surface area is 188 Å². The average Bonchev–Trinajstić information content (AvgIpc) is 3.28. The van der Waals surface area contributed by atoms with Gasteiger partial charge in [-0.2, -0.15) is 4.31 Å². The topological polar surface area (TPSA) is 98.9 Å². The summed E-state index contributed by atoms with van der Waals surface area (Å²) < 4.78 is 56.8. The molecule has 11 heteroatoms. The number of rotatable bonds is 6. The molecule has 32 heavy (non-hydrogen) atoms. The van der Waals surface area contributed by atoms with E-state index in [0.29, 0.717) is 10.8 Å². The molecule has 0 bridgehead atoms. The number of halogens is 2. The van der Waals surface area contributed by atoms with Gasteiger partial charge in [0, 0.05) is 23.7 Å². The van der Waals surface area contributed by atoms with Crippen molar-refractivity contribution < 1.29 is 31.5 Å². The Bertz CT molecular complexity index is 1220. The van der Waals surface area contributed by atoms with Crippen LogP contribution in [0.5, 0.6) is 0 Å². The average molecular weight is 481 g/mol. The lowest BCUT2D eigenvalue weighted by molar-refractivity contribution is 0.0433. The normalized spacial score (nSPS) is 14.9. The predicted octanol–water partition coefficient (Wildman–Crippen LogP) is 3.51. The molecule has 2 heterocycles. The molecule has 1 fully saturated rings. The first-order valence-corrected chi connectivity index (χ1v) is 11.4. The van der Waals surface area contributed by atoms with Crippen LogP contribution in [0.3, 0.4) is 0 Å². The summed E-state index contributed by atoms with van der Waals surface area (Å²) in [5, 5.41) is 0.572. The molecule has 168 valence electrons. The number of aromatic nitrogens is 1. The van der Waals surface area contributed by atoms with Crippen molar-refractivity contribution in [1.29, 1.82) is 0 Å². The number of hydrogen-bond donors (Lipinski definition) is 0. The van der Waals surface area contributed by atoms with Crippen LogP contribution in [0.25, 0.3) is 11.3 Å². The summed E-state index contributed by atoms with van der Waals surface area (Å²) in [6, 6.07) is 9.89. The number of morpholine rings is 1. The molecule has 4 rings (SSSR count). The third-order valence-corrected chi connectivity index (χ3v) is 6.92. The van der Waals surface area contributed by atoms with E-state index in [4.69, 9.17) is 25.5 Å². The highest BCUT2D eigenvalue weighted by atomic mass is 35.5. The van der Waals surface area contributed by atoms with Gasteiger partial charge in [-0.25, -0.2) is 22.6 Å². The monoisotopic (exact) mass is 480 g/mol. The Morgan fingerprint density at radius 1 is 1.16 bits per heavy atom. The zero-order valence-electron chi connectivity index (χ0n) is 16.7. The lowest BCUT2D eigenvalue weighted by Gasteiger charge is -2.26. The van der Waals surface area contributed by atoms with E-state index in [9.17, 15) is 17.6 Å². The van der Waals surface area contributed by atoms with Crippen molar-refractivity contribution >= 4 is 27.6 Å². The molecule has 0 N–H and O–H groups in total. The second-order valence-electron chi connectivity index (χ2n) is 6.86. The second-order valence-corrected chi connectivity index (χ2v) is 9.23. The third kappa shape index (κ3) is 4.83. The molecule has 0 saturated carbocycles. The summed E-state index contributed by atoms with van der Waals surface area (Å²) in [4.78, 5) is 16.3. The number of nitrogens with zero attached hydrogens (tertiary/aromatic N) is 2. The van der Waals surface area contributed by atoms with E-state index in [1.54, 1.807) is 24.3 Å². The molecule has 0 atom stereocenters. The first kappa shape index (κ1) is 22.4. The van der Waals surface area contributed by atoms with Gasteiger partial charge in [0.05, 0.1) is 29.9 Å². The fourth-order valence-corrected chi connectivity index (χ4v) is 4.65. The summed E-state index contributed by atoms with van der Waals surface area (Å²) in [5.41, 5.74) is 0.232. The van der Waals surface area contributed by atoms with Crippen LogP contribution in [0.1, 0.15) is 16.2 Å². The molecule has 0 unspecified atom stereocenters. The van der Waals surface area contributed by atoms with Crippen LogP contribution in [0.15, 0.2) is 58.0 Å². The smallest absolute Gasteiger partial charge is 0.341 e. The Kier molecular flexibility index (Phi) is 6.56. The molecule has 0 amide bonds. The SMILES string of the molecule is O=C(OCc1ncc(-c2ccc(Cl)cc2)o1)c1cc(S(=O)(=O)N2CCOCC2)ccc1F. The molecule has 0 aliphatic carbocycles. The minimum Gasteiger partial charge on any atom is -0.452 e. The number of carbonyl (C=O) groups is 1. The van der Waals surface area contributed by atoms with Crippen LogP contribution in [0.2, 0.25) is 5.02 Å². The van der Waals surface area contributed by atoms with Crippen LogP contribution in [-0.4, -0.2) is 50.0 Å². The predicted molar refractivity (Wildman–Crippen MR) is 112 cm³/mol. The van der Waals surface area contributed by atoms with Crippen LogP contribution < -0.4 is 0 Å². The molecular weight excluding hydrogens is 463 g/mol. The number of ether oxygens (including phenoxy) is 2. The standard InChI is InChI=1S/C21H18ClFN2O6S/c22-15-3-1-14(2-4-15)19-12-24-20(31-19)13-30-21(26)17-11-16(5-6-18(17)23)32(27,28)25-7-9-29-10-8-25/h1-6,11-12H,7-10,13H2. The van der Waals surface area contributed by atoms with Crippen molar-refractivity contribution in [2.75, 3.05) is 26.3 Å². The van der Waals surface area contributed by atoms with Crippen LogP contribution in [0, 0.1) is 5.82 Å². The minimum atomic E-state index is -3.89. The maximum absolute atomic E-state index is 14.3. The summed E-state index contributed by atoms with van der Waals surface area (Å²) in [5.74, 6) is -1.39. The number of oxazole rings is 1. The van der Waals surface area contributed by atoms with E-state index in [1.165, 1.54) is 10.5 Å². The Balaban J connectivity index is 1.47. The molecule has 1 aliphatic heterocycles. The van der Waals surface area contributed by atoms with E-state index in [1.807, 2.05) is 0 Å². The summed E-state index contributed by atoms with van der Waals surface area (Å²) >= 11 is 5.86. The quantitative estimate of drug-likeness (QED) is 0.498. The second kappa shape index (κ2) is 9.37. The van der Waals surface area contributed by atoms with Crippen LogP contribution >= 0.6 is 11.6 Å². The van der Waals surface area contributed by atoms with Gasteiger partial charge in [-0.1, -0.05) is 11.6 Å². The zero-order valence-corrected chi connectivity index (χ0v) is 18.2. The first-order valence-electron chi connectivity index (χ1n) is 9.60. The molecule has 1 aliphatic rings. The van der Waals surface area contributed by atoms with E-state index >= 15 is 0 Å². The van der Waals surface area contributed by atoms with E-state index in [-0.39, 0.29) is 43.7 Å². The Morgan fingerprint density at radius 3 is 2.59 bits per heavy atom. The van der Waals surface area contributed by atoms with Crippen LogP contribution in [-0.2, 0) is 26.1 Å². The van der Waals surface area contributed by atoms with Crippen molar-refractivity contribution in [1.82, 2.24) is 9.29 Å². The molecule has 1 saturated heterocycles. The van der Waals surface area contributed by atoms with Crippen molar-refractivity contribution in [3.8, 4) is 11.3 Å². The van der Waals surface area contributed by atoms with E-state index in [0.717, 1.165) is 23.8 Å². The number of benzene rings is 2. The lowest BCUT2D eigenvalue weighted by Crippen LogP contribution is -2.40. The largest absolute Gasteiger partial charge is 0.452 e. The third-order valence-electron chi connectivity index (χ3n) is 4.77. The first-order chi connectivity index (χ1) is 15.3. The number of esters is 1. The number of hydrogen-bond acceptors (Lipinski definition) is 7. The lowest BCUT2D eigenvalue weighted by atomic mass is 10.2. The van der Waals surface area contributed by atoms with Gasteiger partial charge in [0.2, 0.25) is 15.9 Å². The molecule has 8 nitrogen and oxygen atoms in total. The van der Waals surface area contributed by atoms with Gasteiger partial charge in [0.25, 0.3) is 0 Å². The van der Waals surface area contributed by atoms with Gasteiger partial charge in [0.15, 0.2) is 12.4 Å². The molecule has 1 aromatic heterocycles. The maximum atomic E-state index is 14.3. The minimum absolute atomic E-state index is 0.0980. The molecular formula is C21H18ClFN2O6S. The van der Waals surface area contributed by atoms with Gasteiger partial charge < -0.3 is 13.9 Å². The molecule has 0 spiro atoms. The number of sulfonamides is 1. The van der Waals surface area contributed by atoms with Gasteiger partial charge in [-0.3, -0.25) is 0 Å². The van der Waals surface area contributed by atoms with Crippen molar-refractivity contribution in [2.45, 2.75) is 11.5 Å². The van der Waals surface area contributed by atoms with E-state index in [2.05, 4.69) is 4.98 Å². The molecule has 2 aromatic carbocycles. The highest BCUT2D eigenvalue weighted by Crippen LogP contribution is 2.24. The maximum Gasteiger partial charge on any atom is 0.341 e. The molecule has 0 radical (unpaired) electrons. The highest BCUT2D eigenvalue weighted by molar-refractivity contribution is 7.89. The fourth-order valence-electron chi connectivity index (χ4n) is 3.09. The zero-order chi connectivity index (χ0) is 22.7. The summed E-state index contributed by atoms with van der Waals surface area (Å²) in [6.07, 6.45) is 1.46. The Morgan fingerprint density at radius 2 is 1.88 bits per heavy atom. The van der Waals surface area contributed by atoms with Crippen molar-refractivity contribution in [2.24, 2.45) is 0 Å². The molecule has 3 aromatic rings. The Hall–Kier alpha value is -2.79. The van der Waals surface area contributed by atoms with Gasteiger partial charge in [-0.15, -0.1) is 0 Å². The summed E-state index contributed by atoms with van der Waals surface area (Å²) in [7, 11) is -3.89. The number of carbonyl (C=O) groups excluding carboxylic acids is 1. The van der Waals surface area contributed by atoms with Crippen LogP contribution in [0.4, 0.5) is 4.39 Å². The van der Waals surface area contributed by atoms with Gasteiger partial charge in [-0.05, 0) is 42.5 Å². The summed E-state index contributed by atoms with van der Waals surface area (Å²) in [6.45, 7) is 0.540. The fraction of sp³-hybridized carbons (Fsp3) is 0.238. The van der Waals surface area contributed by atoms with Gasteiger partial charge >= 0.3 is 5.97 Å². The van der Waals surface area contributed by atoms with Crippen molar-refractivity contribution in [3.05, 3.63) is 71.0 Å².